The standard InChI is InChI=1S/C20H15ClN2O4S/c21-14-7-4-8-16(11-14)28(25,26)23-15-9-10-18-17(12-15)22-20(24)19(27-18)13-5-2-1-3-6-13/h1-12,19,23H,(H,22,24). The number of amides is 1. The van der Waals surface area contributed by atoms with Crippen molar-refractivity contribution in [1.82, 2.24) is 0 Å². The van der Waals surface area contributed by atoms with Gasteiger partial charge in [0.2, 0.25) is 6.10 Å². The van der Waals surface area contributed by atoms with Crippen LogP contribution in [0.15, 0.2) is 77.7 Å². The smallest absolute Gasteiger partial charge is 0.270 e. The molecule has 0 aliphatic carbocycles. The van der Waals surface area contributed by atoms with E-state index in [4.69, 9.17) is 16.3 Å². The number of anilines is 2. The van der Waals surface area contributed by atoms with Gasteiger partial charge >= 0.3 is 0 Å². The molecule has 2 N–H and O–H groups in total. The average Bonchev–Trinajstić information content (AvgIpc) is 2.68. The Morgan fingerprint density at radius 1 is 0.964 bits per heavy atom. The van der Waals surface area contributed by atoms with Gasteiger partial charge in [-0.25, -0.2) is 8.42 Å². The fourth-order valence-corrected chi connectivity index (χ4v) is 4.22. The largest absolute Gasteiger partial charge is 0.474 e. The second-order valence-electron chi connectivity index (χ2n) is 6.17. The Morgan fingerprint density at radius 2 is 1.75 bits per heavy atom. The van der Waals surface area contributed by atoms with Crippen molar-refractivity contribution in [2.24, 2.45) is 0 Å². The molecule has 28 heavy (non-hydrogen) atoms. The maximum atomic E-state index is 12.5. The van der Waals surface area contributed by atoms with Gasteiger partial charge in [-0.3, -0.25) is 9.52 Å². The highest BCUT2D eigenvalue weighted by atomic mass is 35.5. The molecule has 1 atom stereocenters. The van der Waals surface area contributed by atoms with Gasteiger partial charge in [-0.2, -0.15) is 0 Å². The van der Waals surface area contributed by atoms with Crippen LogP contribution in [-0.4, -0.2) is 14.3 Å². The monoisotopic (exact) mass is 414 g/mol. The van der Waals surface area contributed by atoms with Crippen molar-refractivity contribution in [3.05, 3.63) is 83.4 Å². The molecule has 142 valence electrons. The molecule has 0 spiro atoms. The molecular formula is C20H15ClN2O4S. The Hall–Kier alpha value is -3.03. The van der Waals surface area contributed by atoms with E-state index < -0.39 is 16.1 Å². The lowest BCUT2D eigenvalue weighted by Crippen LogP contribution is -2.30. The number of ether oxygens (including phenoxy) is 1. The molecule has 4 rings (SSSR count). The minimum Gasteiger partial charge on any atom is -0.474 e. The fourth-order valence-electron chi connectivity index (χ4n) is 2.87. The number of benzene rings is 3. The van der Waals surface area contributed by atoms with Gasteiger partial charge in [0.15, 0.2) is 0 Å². The van der Waals surface area contributed by atoms with Crippen LogP contribution in [0.1, 0.15) is 11.7 Å². The molecule has 1 unspecified atom stereocenters. The van der Waals surface area contributed by atoms with Crippen LogP contribution in [0.5, 0.6) is 5.75 Å². The highest BCUT2D eigenvalue weighted by molar-refractivity contribution is 7.92. The van der Waals surface area contributed by atoms with E-state index in [9.17, 15) is 13.2 Å². The minimum absolute atomic E-state index is 0.0437. The highest BCUT2D eigenvalue weighted by Crippen LogP contribution is 2.37. The van der Waals surface area contributed by atoms with Crippen LogP contribution in [0.25, 0.3) is 0 Å². The molecule has 3 aromatic carbocycles. The van der Waals surface area contributed by atoms with Gasteiger partial charge in [-0.15, -0.1) is 0 Å². The maximum absolute atomic E-state index is 12.5. The molecule has 1 aliphatic rings. The molecule has 8 heteroatoms. The summed E-state index contributed by atoms with van der Waals surface area (Å²) in [4.78, 5) is 12.5. The lowest BCUT2D eigenvalue weighted by molar-refractivity contribution is -0.123. The molecule has 1 heterocycles. The van der Waals surface area contributed by atoms with Crippen molar-refractivity contribution >= 4 is 38.9 Å². The van der Waals surface area contributed by atoms with Crippen LogP contribution in [0, 0.1) is 0 Å². The SMILES string of the molecule is O=C1Nc2cc(NS(=O)(=O)c3cccc(Cl)c3)ccc2OC1c1ccccc1. The number of nitrogens with one attached hydrogen (secondary N) is 2. The van der Waals surface area contributed by atoms with Gasteiger partial charge < -0.3 is 10.1 Å². The Balaban J connectivity index is 1.59. The van der Waals surface area contributed by atoms with Gasteiger partial charge in [-0.1, -0.05) is 48.0 Å². The minimum atomic E-state index is -3.82. The summed E-state index contributed by atoms with van der Waals surface area (Å²) in [7, 11) is -3.82. The number of carbonyl (C=O) groups is 1. The summed E-state index contributed by atoms with van der Waals surface area (Å²) in [6.07, 6.45) is -0.761. The van der Waals surface area contributed by atoms with Crippen LogP contribution in [0.3, 0.4) is 0 Å². The van der Waals surface area contributed by atoms with Crippen LogP contribution in [0.4, 0.5) is 11.4 Å². The molecule has 0 fully saturated rings. The fraction of sp³-hybridized carbons (Fsp3) is 0.0500. The Labute approximate surface area is 167 Å². The Bertz CT molecular complexity index is 1150. The van der Waals surface area contributed by atoms with E-state index in [-0.39, 0.29) is 10.8 Å². The first kappa shape index (κ1) is 18.3. The normalized spacial score (nSPS) is 15.9. The molecule has 0 bridgehead atoms. The zero-order valence-corrected chi connectivity index (χ0v) is 16.0. The summed E-state index contributed by atoms with van der Waals surface area (Å²) < 4.78 is 33.4. The van der Waals surface area contributed by atoms with E-state index in [1.807, 2.05) is 30.3 Å². The predicted molar refractivity (Wildman–Crippen MR) is 107 cm³/mol. The number of halogens is 1. The highest BCUT2D eigenvalue weighted by Gasteiger charge is 2.29. The quantitative estimate of drug-likeness (QED) is 0.669. The van der Waals surface area contributed by atoms with Gasteiger partial charge in [-0.05, 0) is 36.4 Å². The van der Waals surface area contributed by atoms with E-state index in [1.165, 1.54) is 18.2 Å². The van der Waals surface area contributed by atoms with Crippen molar-refractivity contribution in [2.45, 2.75) is 11.0 Å². The van der Waals surface area contributed by atoms with Crippen molar-refractivity contribution in [3.8, 4) is 5.75 Å². The van der Waals surface area contributed by atoms with E-state index in [1.54, 1.807) is 24.3 Å². The molecule has 6 nitrogen and oxygen atoms in total. The summed E-state index contributed by atoms with van der Waals surface area (Å²) in [5, 5.41) is 3.08. The molecule has 0 aromatic heterocycles. The maximum Gasteiger partial charge on any atom is 0.270 e. The molecule has 1 aliphatic heterocycles. The van der Waals surface area contributed by atoms with Crippen LogP contribution in [0.2, 0.25) is 5.02 Å². The zero-order chi connectivity index (χ0) is 19.7. The zero-order valence-electron chi connectivity index (χ0n) is 14.4. The summed E-state index contributed by atoms with van der Waals surface area (Å²) in [6, 6.07) is 19.8. The molecule has 0 radical (unpaired) electrons. The average molecular weight is 415 g/mol. The lowest BCUT2D eigenvalue weighted by atomic mass is 10.1. The lowest BCUT2D eigenvalue weighted by Gasteiger charge is -2.26. The van der Waals surface area contributed by atoms with Crippen molar-refractivity contribution in [2.75, 3.05) is 10.0 Å². The van der Waals surface area contributed by atoms with Crippen LogP contribution < -0.4 is 14.8 Å². The van der Waals surface area contributed by atoms with E-state index in [0.29, 0.717) is 22.1 Å². The van der Waals surface area contributed by atoms with E-state index in [0.717, 1.165) is 5.56 Å². The van der Waals surface area contributed by atoms with Gasteiger partial charge in [0.05, 0.1) is 16.3 Å². The summed E-state index contributed by atoms with van der Waals surface area (Å²) in [5.41, 5.74) is 1.42. The van der Waals surface area contributed by atoms with Crippen molar-refractivity contribution in [1.29, 1.82) is 0 Å². The number of hydrogen-bond acceptors (Lipinski definition) is 4. The van der Waals surface area contributed by atoms with Crippen molar-refractivity contribution in [3.63, 3.8) is 0 Å². The number of fused-ring (bicyclic) bond motifs is 1. The number of rotatable bonds is 4. The molecule has 0 saturated carbocycles. The molecule has 3 aromatic rings. The number of carbonyl (C=O) groups excluding carboxylic acids is 1. The van der Waals surface area contributed by atoms with Crippen LogP contribution >= 0.6 is 11.6 Å². The third-order valence-electron chi connectivity index (χ3n) is 4.18. The third-order valence-corrected chi connectivity index (χ3v) is 5.80. The van der Waals surface area contributed by atoms with Crippen LogP contribution in [-0.2, 0) is 14.8 Å². The van der Waals surface area contributed by atoms with E-state index >= 15 is 0 Å². The first-order valence-electron chi connectivity index (χ1n) is 8.37. The third kappa shape index (κ3) is 3.67. The number of hydrogen-bond donors (Lipinski definition) is 2. The van der Waals surface area contributed by atoms with Gasteiger partial charge in [0.1, 0.15) is 5.75 Å². The second kappa shape index (κ2) is 7.18. The predicted octanol–water partition coefficient (Wildman–Crippen LogP) is 4.21. The summed E-state index contributed by atoms with van der Waals surface area (Å²) in [6.45, 7) is 0. The summed E-state index contributed by atoms with van der Waals surface area (Å²) in [5.74, 6) is 0.132. The molecule has 0 saturated heterocycles. The second-order valence-corrected chi connectivity index (χ2v) is 8.29. The van der Waals surface area contributed by atoms with Gasteiger partial charge in [0.25, 0.3) is 15.9 Å². The van der Waals surface area contributed by atoms with Crippen molar-refractivity contribution < 1.29 is 17.9 Å². The molecular weight excluding hydrogens is 400 g/mol. The Morgan fingerprint density at radius 3 is 2.50 bits per heavy atom. The first-order chi connectivity index (χ1) is 13.4. The number of sulfonamides is 1. The van der Waals surface area contributed by atoms with Gasteiger partial charge in [0, 0.05) is 10.6 Å². The first-order valence-corrected chi connectivity index (χ1v) is 10.2. The van der Waals surface area contributed by atoms with E-state index in [2.05, 4.69) is 10.0 Å². The molecule has 1 amide bonds. The topological polar surface area (TPSA) is 84.5 Å². The Kier molecular flexibility index (Phi) is 4.70. The summed E-state index contributed by atoms with van der Waals surface area (Å²) >= 11 is 5.87.